The van der Waals surface area contributed by atoms with E-state index >= 15 is 0 Å². The number of rotatable bonds is 9. The summed E-state index contributed by atoms with van der Waals surface area (Å²) in [5.74, 6) is 3.67. The van der Waals surface area contributed by atoms with Crippen LogP contribution in [0.5, 0.6) is 11.5 Å². The van der Waals surface area contributed by atoms with Gasteiger partial charge in [0.1, 0.15) is 17.7 Å². The number of nitrogens with zero attached hydrogens (tertiary/aromatic N) is 4. The Hall–Kier alpha value is -3.22. The molecule has 0 aliphatic carbocycles. The SMILES string of the molecule is C#CCOc1c(Cl)cc([C@@H](C[N+](=O)[O-])Sc2nnc(C)n2-c2ccc(C)cc2)cc1OC. The summed E-state index contributed by atoms with van der Waals surface area (Å²) >= 11 is 7.62. The lowest BCUT2D eigenvalue weighted by Gasteiger charge is -2.17. The monoisotopic (exact) mass is 472 g/mol. The third-order valence-corrected chi connectivity index (χ3v) is 6.03. The van der Waals surface area contributed by atoms with Crippen LogP contribution in [0.4, 0.5) is 0 Å². The van der Waals surface area contributed by atoms with Crippen molar-refractivity contribution in [2.45, 2.75) is 24.3 Å². The van der Waals surface area contributed by atoms with Crippen LogP contribution in [0.3, 0.4) is 0 Å². The maximum atomic E-state index is 11.5. The summed E-state index contributed by atoms with van der Waals surface area (Å²) in [6.45, 7) is 3.49. The molecule has 8 nitrogen and oxygen atoms in total. The number of methoxy groups -OCH3 is 1. The van der Waals surface area contributed by atoms with E-state index in [9.17, 15) is 10.1 Å². The number of aryl methyl sites for hydroxylation is 2. The molecule has 1 heterocycles. The number of halogens is 1. The van der Waals surface area contributed by atoms with E-state index in [2.05, 4.69) is 16.1 Å². The van der Waals surface area contributed by atoms with E-state index in [-0.39, 0.29) is 23.1 Å². The lowest BCUT2D eigenvalue weighted by Crippen LogP contribution is -2.12. The van der Waals surface area contributed by atoms with Crippen LogP contribution >= 0.6 is 23.4 Å². The van der Waals surface area contributed by atoms with Crippen molar-refractivity contribution in [3.63, 3.8) is 0 Å². The zero-order chi connectivity index (χ0) is 23.3. The molecule has 3 aromatic rings. The number of benzene rings is 2. The molecular formula is C22H21ClN4O4S. The molecule has 1 atom stereocenters. The second-order valence-electron chi connectivity index (χ2n) is 6.85. The molecule has 0 spiro atoms. The topological polar surface area (TPSA) is 92.3 Å². The van der Waals surface area contributed by atoms with Crippen molar-refractivity contribution in [2.75, 3.05) is 20.3 Å². The predicted molar refractivity (Wildman–Crippen MR) is 124 cm³/mol. The third kappa shape index (κ3) is 5.33. The lowest BCUT2D eigenvalue weighted by molar-refractivity contribution is -0.479. The maximum absolute atomic E-state index is 11.5. The van der Waals surface area contributed by atoms with Crippen LogP contribution in [0.25, 0.3) is 5.69 Å². The van der Waals surface area contributed by atoms with Gasteiger partial charge < -0.3 is 9.47 Å². The van der Waals surface area contributed by atoms with E-state index in [1.807, 2.05) is 42.7 Å². The van der Waals surface area contributed by atoms with Crippen LogP contribution in [0.15, 0.2) is 41.6 Å². The van der Waals surface area contributed by atoms with Gasteiger partial charge >= 0.3 is 0 Å². The number of hydrogen-bond donors (Lipinski definition) is 0. The van der Waals surface area contributed by atoms with E-state index in [0.717, 1.165) is 11.3 Å². The fraction of sp³-hybridized carbons (Fsp3) is 0.273. The fourth-order valence-electron chi connectivity index (χ4n) is 3.06. The molecular weight excluding hydrogens is 452 g/mol. The Labute approximate surface area is 195 Å². The van der Waals surface area contributed by atoms with Crippen molar-refractivity contribution >= 4 is 23.4 Å². The van der Waals surface area contributed by atoms with Crippen LogP contribution in [0.2, 0.25) is 5.02 Å². The highest BCUT2D eigenvalue weighted by Crippen LogP contribution is 2.43. The van der Waals surface area contributed by atoms with Crippen molar-refractivity contribution in [1.29, 1.82) is 0 Å². The van der Waals surface area contributed by atoms with Gasteiger partial charge in [0.25, 0.3) is 0 Å². The van der Waals surface area contributed by atoms with Gasteiger partial charge in [0.05, 0.1) is 12.1 Å². The second-order valence-corrected chi connectivity index (χ2v) is 8.43. The van der Waals surface area contributed by atoms with Crippen molar-refractivity contribution in [2.24, 2.45) is 0 Å². The Bertz CT molecular complexity index is 1160. The normalized spacial score (nSPS) is 11.6. The molecule has 2 aromatic carbocycles. The van der Waals surface area contributed by atoms with Crippen LogP contribution in [0.1, 0.15) is 22.2 Å². The van der Waals surface area contributed by atoms with Gasteiger partial charge in [-0.2, -0.15) is 0 Å². The molecule has 0 saturated carbocycles. The van der Waals surface area contributed by atoms with Crippen LogP contribution in [-0.2, 0) is 0 Å². The summed E-state index contributed by atoms with van der Waals surface area (Å²) in [5.41, 5.74) is 2.58. The first-order valence-electron chi connectivity index (χ1n) is 9.55. The molecule has 32 heavy (non-hydrogen) atoms. The molecule has 0 unspecified atom stereocenters. The van der Waals surface area contributed by atoms with Gasteiger partial charge in [0.2, 0.25) is 6.54 Å². The molecule has 0 saturated heterocycles. The number of terminal acetylenes is 1. The minimum Gasteiger partial charge on any atom is -0.493 e. The van der Waals surface area contributed by atoms with Gasteiger partial charge in [-0.05, 0) is 43.7 Å². The Morgan fingerprint density at radius 3 is 2.62 bits per heavy atom. The van der Waals surface area contributed by atoms with Crippen molar-refractivity contribution in [3.8, 4) is 29.5 Å². The Morgan fingerprint density at radius 2 is 2.00 bits per heavy atom. The summed E-state index contributed by atoms with van der Waals surface area (Å²) in [6, 6.07) is 11.2. The number of aromatic nitrogens is 3. The number of thioether (sulfide) groups is 1. The highest BCUT2D eigenvalue weighted by atomic mass is 35.5. The molecule has 0 amide bonds. The summed E-state index contributed by atoms with van der Waals surface area (Å²) in [5, 5.41) is 20.1. The molecule has 0 aliphatic heterocycles. The van der Waals surface area contributed by atoms with E-state index in [0.29, 0.717) is 28.0 Å². The first-order valence-corrected chi connectivity index (χ1v) is 10.8. The molecule has 1 aromatic heterocycles. The van der Waals surface area contributed by atoms with Crippen LogP contribution < -0.4 is 9.47 Å². The molecule has 0 bridgehead atoms. The first kappa shape index (κ1) is 23.4. The van der Waals surface area contributed by atoms with E-state index in [1.165, 1.54) is 18.9 Å². The Kier molecular flexibility index (Phi) is 7.62. The van der Waals surface area contributed by atoms with E-state index < -0.39 is 5.25 Å². The quantitative estimate of drug-likeness (QED) is 0.193. The molecule has 3 rings (SSSR count). The zero-order valence-electron chi connectivity index (χ0n) is 17.7. The van der Waals surface area contributed by atoms with Gasteiger partial charge in [-0.1, -0.05) is 47.0 Å². The van der Waals surface area contributed by atoms with Crippen LogP contribution in [0, 0.1) is 36.3 Å². The summed E-state index contributed by atoms with van der Waals surface area (Å²) in [6.07, 6.45) is 5.26. The molecule has 0 radical (unpaired) electrons. The summed E-state index contributed by atoms with van der Waals surface area (Å²) in [4.78, 5) is 11.1. The average molecular weight is 473 g/mol. The highest BCUT2D eigenvalue weighted by Gasteiger charge is 2.26. The second kappa shape index (κ2) is 10.4. The molecule has 0 fully saturated rings. The molecule has 0 aliphatic rings. The van der Waals surface area contributed by atoms with Gasteiger partial charge in [0, 0.05) is 10.6 Å². The minimum absolute atomic E-state index is 0.0153. The average Bonchev–Trinajstić information content (AvgIpc) is 3.12. The van der Waals surface area contributed by atoms with Gasteiger partial charge in [-0.15, -0.1) is 16.6 Å². The van der Waals surface area contributed by atoms with Crippen molar-refractivity contribution in [1.82, 2.24) is 14.8 Å². The lowest BCUT2D eigenvalue weighted by atomic mass is 10.1. The third-order valence-electron chi connectivity index (χ3n) is 4.57. The minimum atomic E-state index is -0.606. The van der Waals surface area contributed by atoms with E-state index in [4.69, 9.17) is 27.5 Å². The summed E-state index contributed by atoms with van der Waals surface area (Å²) in [7, 11) is 1.46. The fourth-order valence-corrected chi connectivity index (χ4v) is 4.49. The first-order chi connectivity index (χ1) is 15.3. The van der Waals surface area contributed by atoms with Crippen molar-refractivity contribution in [3.05, 3.63) is 68.5 Å². The number of ether oxygens (including phenoxy) is 2. The Balaban J connectivity index is 2.01. The number of nitro groups is 1. The predicted octanol–water partition coefficient (Wildman–Crippen LogP) is 4.67. The Morgan fingerprint density at radius 1 is 1.28 bits per heavy atom. The highest BCUT2D eigenvalue weighted by molar-refractivity contribution is 7.99. The smallest absolute Gasteiger partial charge is 0.220 e. The van der Waals surface area contributed by atoms with Crippen LogP contribution in [-0.4, -0.2) is 39.9 Å². The standard InChI is InChI=1S/C22H21ClN4O4S/c1-5-10-31-21-18(23)11-16(12-19(21)30-4)20(13-26(28)29)32-22-25-24-15(3)27(22)17-8-6-14(2)7-9-17/h1,6-9,11-12,20H,10,13H2,2-4H3/t20-/m1/s1. The zero-order valence-corrected chi connectivity index (χ0v) is 19.3. The molecule has 10 heteroatoms. The molecule has 0 N–H and O–H groups in total. The summed E-state index contributed by atoms with van der Waals surface area (Å²) < 4.78 is 12.7. The largest absolute Gasteiger partial charge is 0.493 e. The van der Waals surface area contributed by atoms with Gasteiger partial charge in [-0.25, -0.2) is 0 Å². The van der Waals surface area contributed by atoms with Gasteiger partial charge in [0.15, 0.2) is 16.7 Å². The maximum Gasteiger partial charge on any atom is 0.220 e. The molecule has 166 valence electrons. The van der Waals surface area contributed by atoms with Crippen molar-refractivity contribution < 1.29 is 14.4 Å². The number of hydrogen-bond acceptors (Lipinski definition) is 7. The van der Waals surface area contributed by atoms with E-state index in [1.54, 1.807) is 12.1 Å². The van der Waals surface area contributed by atoms with Gasteiger partial charge in [-0.3, -0.25) is 14.7 Å².